The number of aryl methyl sites for hydroxylation is 2. The Kier molecular flexibility index (Phi) is 6.33. The molecule has 1 amide bonds. The maximum Gasteiger partial charge on any atom is 0.301 e. The third-order valence-corrected chi connectivity index (χ3v) is 7.19. The lowest BCUT2D eigenvalue weighted by Crippen LogP contribution is -2.29. The third-order valence-electron chi connectivity index (χ3n) is 6.18. The van der Waals surface area contributed by atoms with Crippen molar-refractivity contribution in [1.82, 2.24) is 4.98 Å². The second-order valence-corrected chi connectivity index (χ2v) is 9.89. The van der Waals surface area contributed by atoms with Gasteiger partial charge in [0.15, 0.2) is 5.13 Å². The second kappa shape index (κ2) is 9.59. The number of Topliss-reactive ketones (excluding diaryl/α,β-unsaturated/α-hetero) is 1. The van der Waals surface area contributed by atoms with Crippen LogP contribution in [-0.2, 0) is 9.59 Å². The number of aliphatic hydroxyl groups is 1. The van der Waals surface area contributed by atoms with Crippen LogP contribution in [0.4, 0.5) is 5.13 Å². The highest BCUT2D eigenvalue weighted by Gasteiger charge is 2.48. The molecule has 0 radical (unpaired) electrons. The van der Waals surface area contributed by atoms with Crippen molar-refractivity contribution in [2.24, 2.45) is 0 Å². The SMILES string of the molecule is CCCOc1ccc(C2C(=C(O)c3ccccc3)C(=O)C(=O)N2c2nc3c(C)cc(C)cc3s2)cc1. The number of anilines is 1. The molecule has 1 N–H and O–H groups in total. The largest absolute Gasteiger partial charge is 0.507 e. The Morgan fingerprint density at radius 2 is 1.78 bits per heavy atom. The Labute approximate surface area is 213 Å². The molecule has 182 valence electrons. The van der Waals surface area contributed by atoms with E-state index in [4.69, 9.17) is 9.72 Å². The zero-order valence-corrected chi connectivity index (χ0v) is 21.1. The monoisotopic (exact) mass is 498 g/mol. The minimum atomic E-state index is -0.826. The molecule has 4 aromatic rings. The van der Waals surface area contributed by atoms with E-state index in [0.717, 1.165) is 27.8 Å². The number of aromatic nitrogens is 1. The smallest absolute Gasteiger partial charge is 0.301 e. The van der Waals surface area contributed by atoms with Crippen molar-refractivity contribution in [2.45, 2.75) is 33.2 Å². The van der Waals surface area contributed by atoms with E-state index in [9.17, 15) is 14.7 Å². The molecule has 36 heavy (non-hydrogen) atoms. The van der Waals surface area contributed by atoms with Crippen molar-refractivity contribution in [3.8, 4) is 5.75 Å². The zero-order chi connectivity index (χ0) is 25.4. The van der Waals surface area contributed by atoms with Crippen LogP contribution in [0.25, 0.3) is 16.0 Å². The molecular formula is C29H26N2O4S. The number of aliphatic hydroxyl groups excluding tert-OH is 1. The number of nitrogens with zero attached hydrogens (tertiary/aromatic N) is 2. The first kappa shape index (κ1) is 23.8. The van der Waals surface area contributed by atoms with Gasteiger partial charge in [-0.1, -0.05) is 66.8 Å². The number of rotatable bonds is 6. The van der Waals surface area contributed by atoms with Crippen LogP contribution < -0.4 is 9.64 Å². The molecule has 1 aliphatic rings. The van der Waals surface area contributed by atoms with Crippen molar-refractivity contribution in [2.75, 3.05) is 11.5 Å². The van der Waals surface area contributed by atoms with E-state index in [1.54, 1.807) is 24.3 Å². The first-order valence-corrected chi connectivity index (χ1v) is 12.7. The number of fused-ring (bicyclic) bond motifs is 1. The molecule has 0 aliphatic carbocycles. The standard InChI is InChI=1S/C29H26N2O4S/c1-4-14-35-21-12-10-19(11-13-21)25-23(26(32)20-8-6-5-7-9-20)27(33)28(34)31(25)29-30-24-18(3)15-17(2)16-22(24)36-29/h5-13,15-16,25,32H,4,14H2,1-3H3. The predicted molar refractivity (Wildman–Crippen MR) is 143 cm³/mol. The highest BCUT2D eigenvalue weighted by molar-refractivity contribution is 7.22. The van der Waals surface area contributed by atoms with Crippen molar-refractivity contribution in [3.05, 3.63) is 94.6 Å². The van der Waals surface area contributed by atoms with E-state index in [1.807, 2.05) is 63.2 Å². The fourth-order valence-electron chi connectivity index (χ4n) is 4.52. The van der Waals surface area contributed by atoms with Crippen LogP contribution >= 0.6 is 11.3 Å². The maximum atomic E-state index is 13.4. The normalized spacial score (nSPS) is 17.2. The molecule has 1 atom stereocenters. The lowest BCUT2D eigenvalue weighted by atomic mass is 9.95. The molecule has 0 spiro atoms. The lowest BCUT2D eigenvalue weighted by Gasteiger charge is -2.23. The minimum Gasteiger partial charge on any atom is -0.507 e. The minimum absolute atomic E-state index is 0.0422. The summed E-state index contributed by atoms with van der Waals surface area (Å²) in [5.41, 5.74) is 4.10. The van der Waals surface area contributed by atoms with Gasteiger partial charge in [-0.15, -0.1) is 0 Å². The molecule has 1 fully saturated rings. The van der Waals surface area contributed by atoms with Gasteiger partial charge in [0.05, 0.1) is 28.4 Å². The van der Waals surface area contributed by atoms with Gasteiger partial charge in [-0.2, -0.15) is 0 Å². The molecule has 1 aromatic heterocycles. The van der Waals surface area contributed by atoms with Gasteiger partial charge in [-0.05, 0) is 55.2 Å². The van der Waals surface area contributed by atoms with Gasteiger partial charge >= 0.3 is 5.91 Å². The number of carbonyl (C=O) groups excluding carboxylic acids is 2. The van der Waals surface area contributed by atoms with Crippen molar-refractivity contribution in [3.63, 3.8) is 0 Å². The predicted octanol–water partition coefficient (Wildman–Crippen LogP) is 6.33. The number of thiazole rings is 1. The van der Waals surface area contributed by atoms with E-state index in [0.29, 0.717) is 28.6 Å². The summed E-state index contributed by atoms with van der Waals surface area (Å²) in [5, 5.41) is 11.7. The summed E-state index contributed by atoms with van der Waals surface area (Å²) < 4.78 is 6.65. The highest BCUT2D eigenvalue weighted by atomic mass is 32.1. The summed E-state index contributed by atoms with van der Waals surface area (Å²) in [6.07, 6.45) is 0.884. The Hall–Kier alpha value is -3.97. The first-order valence-electron chi connectivity index (χ1n) is 11.9. The molecule has 3 aromatic carbocycles. The van der Waals surface area contributed by atoms with E-state index in [1.165, 1.54) is 16.2 Å². The summed E-state index contributed by atoms with van der Waals surface area (Å²) in [4.78, 5) is 33.0. The fourth-order valence-corrected chi connectivity index (χ4v) is 5.69. The van der Waals surface area contributed by atoms with Gasteiger partial charge in [0.25, 0.3) is 5.78 Å². The molecule has 7 heteroatoms. The van der Waals surface area contributed by atoms with Crippen molar-refractivity contribution >= 4 is 44.1 Å². The molecular weight excluding hydrogens is 472 g/mol. The highest BCUT2D eigenvalue weighted by Crippen LogP contribution is 2.45. The lowest BCUT2D eigenvalue weighted by molar-refractivity contribution is -0.132. The molecule has 1 saturated heterocycles. The number of hydrogen-bond donors (Lipinski definition) is 1. The number of hydrogen-bond acceptors (Lipinski definition) is 6. The zero-order valence-electron chi connectivity index (χ0n) is 20.3. The topological polar surface area (TPSA) is 79.7 Å². The molecule has 1 unspecified atom stereocenters. The van der Waals surface area contributed by atoms with Crippen LogP contribution in [-0.4, -0.2) is 28.4 Å². The third kappa shape index (κ3) is 4.16. The summed E-state index contributed by atoms with van der Waals surface area (Å²) >= 11 is 1.36. The van der Waals surface area contributed by atoms with Gasteiger partial charge in [0, 0.05) is 5.56 Å². The van der Waals surface area contributed by atoms with Gasteiger partial charge in [0.1, 0.15) is 11.5 Å². The molecule has 1 aliphatic heterocycles. The second-order valence-electron chi connectivity index (χ2n) is 8.88. The van der Waals surface area contributed by atoms with E-state index >= 15 is 0 Å². The van der Waals surface area contributed by atoms with Crippen molar-refractivity contribution in [1.29, 1.82) is 0 Å². The van der Waals surface area contributed by atoms with Crippen LogP contribution in [0.2, 0.25) is 0 Å². The summed E-state index contributed by atoms with van der Waals surface area (Å²) in [5.74, 6) is -0.954. The molecule has 6 nitrogen and oxygen atoms in total. The van der Waals surface area contributed by atoms with Crippen molar-refractivity contribution < 1.29 is 19.4 Å². The number of amides is 1. The maximum absolute atomic E-state index is 13.4. The van der Waals surface area contributed by atoms with Gasteiger partial charge in [0.2, 0.25) is 0 Å². The first-order chi connectivity index (χ1) is 17.4. The Balaban J connectivity index is 1.69. The quantitative estimate of drug-likeness (QED) is 0.191. The number of carbonyl (C=O) groups is 2. The average molecular weight is 499 g/mol. The van der Waals surface area contributed by atoms with E-state index in [-0.39, 0.29) is 11.3 Å². The number of ketones is 1. The van der Waals surface area contributed by atoms with Crippen LogP contribution in [0, 0.1) is 13.8 Å². The van der Waals surface area contributed by atoms with Crippen LogP contribution in [0.5, 0.6) is 5.75 Å². The van der Waals surface area contributed by atoms with Crippen LogP contribution in [0.3, 0.4) is 0 Å². The van der Waals surface area contributed by atoms with Crippen LogP contribution in [0.1, 0.15) is 41.6 Å². The molecule has 0 saturated carbocycles. The van der Waals surface area contributed by atoms with Gasteiger partial charge < -0.3 is 9.84 Å². The Morgan fingerprint density at radius 1 is 1.06 bits per heavy atom. The van der Waals surface area contributed by atoms with Gasteiger partial charge in [-0.25, -0.2) is 4.98 Å². The van der Waals surface area contributed by atoms with E-state index in [2.05, 4.69) is 0 Å². The summed E-state index contributed by atoms with van der Waals surface area (Å²) in [7, 11) is 0. The van der Waals surface area contributed by atoms with Gasteiger partial charge in [-0.3, -0.25) is 14.5 Å². The summed E-state index contributed by atoms with van der Waals surface area (Å²) in [6.45, 7) is 6.62. The summed E-state index contributed by atoms with van der Waals surface area (Å²) in [6, 6.07) is 19.3. The Morgan fingerprint density at radius 3 is 2.47 bits per heavy atom. The molecule has 0 bridgehead atoms. The van der Waals surface area contributed by atoms with Crippen LogP contribution in [0.15, 0.2) is 72.3 Å². The molecule has 5 rings (SSSR count). The Bertz CT molecular complexity index is 1490. The average Bonchev–Trinajstić information content (AvgIpc) is 3.42. The number of ether oxygens (including phenoxy) is 1. The number of benzene rings is 3. The fraction of sp³-hybridized carbons (Fsp3) is 0.207. The molecule has 2 heterocycles. The van der Waals surface area contributed by atoms with E-state index < -0.39 is 17.7 Å².